The number of rotatable bonds is 1. The molecule has 0 bridgehead atoms. The van der Waals surface area contributed by atoms with E-state index in [1.807, 2.05) is 0 Å². The van der Waals surface area contributed by atoms with Crippen LogP contribution in [0.15, 0.2) is 18.2 Å². The first-order valence-electron chi connectivity index (χ1n) is 3.27. The zero-order chi connectivity index (χ0) is 10.1. The summed E-state index contributed by atoms with van der Waals surface area (Å²) in [5, 5.41) is 0. The van der Waals surface area contributed by atoms with Gasteiger partial charge in [-0.25, -0.2) is 0 Å². The number of benzene rings is 1. The molecule has 0 atom stereocenters. The van der Waals surface area contributed by atoms with E-state index in [2.05, 4.69) is 0 Å². The summed E-state index contributed by atoms with van der Waals surface area (Å²) in [4.78, 5) is 10.3. The Bertz CT molecular complexity index is 333. The molecule has 0 unspecified atom stereocenters. The van der Waals surface area contributed by atoms with E-state index >= 15 is 0 Å². The Labute approximate surface area is 86.1 Å². The van der Waals surface area contributed by atoms with Crippen molar-refractivity contribution >= 4 is 28.9 Å². The lowest BCUT2D eigenvalue weighted by molar-refractivity contribution is -0.137. The minimum atomic E-state index is -4.46. The number of alkyl halides is 3. The molecule has 0 radical (unpaired) electrons. The summed E-state index contributed by atoms with van der Waals surface area (Å²) in [6, 6.07) is 3.57. The van der Waals surface area contributed by atoms with Crippen molar-refractivity contribution in [1.29, 1.82) is 0 Å². The van der Waals surface area contributed by atoms with Crippen molar-refractivity contribution in [2.24, 2.45) is 0 Å². The maximum atomic E-state index is 12.3. The first-order chi connectivity index (χ1) is 5.95. The van der Waals surface area contributed by atoms with Crippen molar-refractivity contribution in [3.63, 3.8) is 0 Å². The molecule has 0 N–H and O–H groups in total. The van der Waals surface area contributed by atoms with E-state index < -0.39 is 11.7 Å². The third-order valence-electron chi connectivity index (χ3n) is 1.45. The minimum Gasteiger partial charge on any atom is -0.298 e. The molecule has 0 aliphatic heterocycles. The largest absolute Gasteiger partial charge is 0.417 e. The molecule has 1 rings (SSSR count). The Morgan fingerprint density at radius 2 is 1.92 bits per heavy atom. The van der Waals surface area contributed by atoms with Crippen molar-refractivity contribution < 1.29 is 18.0 Å². The Balaban J connectivity index is 3.32. The van der Waals surface area contributed by atoms with Crippen LogP contribution in [0.25, 0.3) is 0 Å². The summed E-state index contributed by atoms with van der Waals surface area (Å²) in [6.45, 7) is 0. The smallest absolute Gasteiger partial charge is 0.298 e. The van der Waals surface area contributed by atoms with Gasteiger partial charge in [0, 0.05) is 9.13 Å². The van der Waals surface area contributed by atoms with E-state index in [0.717, 1.165) is 12.1 Å². The minimum absolute atomic E-state index is 0.207. The van der Waals surface area contributed by atoms with Gasteiger partial charge < -0.3 is 0 Å². The fraction of sp³-hybridized carbons (Fsp3) is 0.125. The van der Waals surface area contributed by atoms with Crippen LogP contribution in [0.4, 0.5) is 13.2 Å². The van der Waals surface area contributed by atoms with Crippen LogP contribution in [0.2, 0.25) is 0 Å². The van der Waals surface area contributed by atoms with Gasteiger partial charge in [-0.2, -0.15) is 13.2 Å². The van der Waals surface area contributed by atoms with E-state index in [0.29, 0.717) is 3.57 Å². The van der Waals surface area contributed by atoms with Crippen molar-refractivity contribution in [3.05, 3.63) is 32.9 Å². The van der Waals surface area contributed by atoms with Gasteiger partial charge in [0.25, 0.3) is 0 Å². The number of carbonyl (C=O) groups is 1. The average Bonchev–Trinajstić information content (AvgIpc) is 2.03. The predicted octanol–water partition coefficient (Wildman–Crippen LogP) is 3.12. The molecule has 1 nitrogen and oxygen atoms in total. The van der Waals surface area contributed by atoms with E-state index in [1.165, 1.54) is 6.07 Å². The second-order valence-electron chi connectivity index (χ2n) is 2.35. The van der Waals surface area contributed by atoms with Crippen LogP contribution in [0, 0.1) is 3.57 Å². The third-order valence-corrected chi connectivity index (χ3v) is 2.12. The molecular formula is C8H4F3IO. The van der Waals surface area contributed by atoms with Crippen LogP contribution in [0.1, 0.15) is 15.9 Å². The molecule has 0 aliphatic rings. The van der Waals surface area contributed by atoms with Crippen molar-refractivity contribution in [3.8, 4) is 0 Å². The number of halogens is 4. The molecule has 0 fully saturated rings. The van der Waals surface area contributed by atoms with E-state index in [-0.39, 0.29) is 11.8 Å². The molecule has 0 heterocycles. The summed E-state index contributed by atoms with van der Waals surface area (Å²) in [7, 11) is 0. The highest BCUT2D eigenvalue weighted by Gasteiger charge is 2.33. The quantitative estimate of drug-likeness (QED) is 0.575. The van der Waals surface area contributed by atoms with Crippen LogP contribution in [-0.2, 0) is 6.18 Å². The number of carbonyl (C=O) groups excluding carboxylic acids is 1. The molecule has 0 saturated heterocycles. The fourth-order valence-corrected chi connectivity index (χ4v) is 1.37. The van der Waals surface area contributed by atoms with Gasteiger partial charge in [0.15, 0.2) is 6.29 Å². The third kappa shape index (κ3) is 2.43. The molecular weight excluding hydrogens is 296 g/mol. The summed E-state index contributed by atoms with van der Waals surface area (Å²) >= 11 is 1.76. The number of hydrogen-bond donors (Lipinski definition) is 0. The first-order valence-corrected chi connectivity index (χ1v) is 4.35. The van der Waals surface area contributed by atoms with Crippen molar-refractivity contribution in [2.75, 3.05) is 0 Å². The van der Waals surface area contributed by atoms with Gasteiger partial charge in [0.05, 0.1) is 5.56 Å². The van der Waals surface area contributed by atoms with E-state index in [4.69, 9.17) is 0 Å². The maximum absolute atomic E-state index is 12.3. The van der Waals surface area contributed by atoms with Gasteiger partial charge in [-0.15, -0.1) is 0 Å². The molecule has 1 aromatic carbocycles. The maximum Gasteiger partial charge on any atom is 0.417 e. The Hall–Kier alpha value is -0.590. The van der Waals surface area contributed by atoms with Crippen LogP contribution in [-0.4, -0.2) is 6.29 Å². The molecule has 70 valence electrons. The van der Waals surface area contributed by atoms with Crippen LogP contribution in [0.5, 0.6) is 0 Å². The molecule has 0 saturated carbocycles. The zero-order valence-corrected chi connectivity index (χ0v) is 8.39. The molecule has 0 aliphatic carbocycles. The lowest BCUT2D eigenvalue weighted by Crippen LogP contribution is -2.09. The normalized spacial score (nSPS) is 11.4. The fourth-order valence-electron chi connectivity index (χ4n) is 0.877. The van der Waals surface area contributed by atoms with Gasteiger partial charge in [-0.3, -0.25) is 4.79 Å². The Morgan fingerprint density at radius 1 is 1.31 bits per heavy atom. The van der Waals surface area contributed by atoms with Crippen LogP contribution < -0.4 is 0 Å². The van der Waals surface area contributed by atoms with Gasteiger partial charge >= 0.3 is 6.18 Å². The van der Waals surface area contributed by atoms with Gasteiger partial charge in [0.1, 0.15) is 0 Å². The highest BCUT2D eigenvalue weighted by atomic mass is 127. The summed E-state index contributed by atoms with van der Waals surface area (Å²) in [5.74, 6) is 0. The Morgan fingerprint density at radius 3 is 2.38 bits per heavy atom. The molecule has 1 aromatic rings. The number of hydrogen-bond acceptors (Lipinski definition) is 1. The number of aldehydes is 1. The predicted molar refractivity (Wildman–Crippen MR) is 49.5 cm³/mol. The van der Waals surface area contributed by atoms with E-state index in [9.17, 15) is 18.0 Å². The summed E-state index contributed by atoms with van der Waals surface area (Å²) in [5.41, 5.74) is -1.21. The molecule has 0 aromatic heterocycles. The first kappa shape index (κ1) is 10.5. The van der Waals surface area contributed by atoms with Crippen LogP contribution >= 0.6 is 22.6 Å². The molecule has 0 amide bonds. The highest BCUT2D eigenvalue weighted by molar-refractivity contribution is 14.1. The van der Waals surface area contributed by atoms with Gasteiger partial charge in [-0.05, 0) is 34.7 Å². The highest BCUT2D eigenvalue weighted by Crippen LogP contribution is 2.32. The summed E-state index contributed by atoms with van der Waals surface area (Å²) < 4.78 is 37.2. The summed E-state index contributed by atoms with van der Waals surface area (Å²) in [6.07, 6.45) is -4.25. The Kier molecular flexibility index (Phi) is 2.94. The average molecular weight is 300 g/mol. The molecule has 0 spiro atoms. The van der Waals surface area contributed by atoms with E-state index in [1.54, 1.807) is 22.6 Å². The van der Waals surface area contributed by atoms with Crippen LogP contribution in [0.3, 0.4) is 0 Å². The lowest BCUT2D eigenvalue weighted by atomic mass is 10.1. The second-order valence-corrected chi connectivity index (χ2v) is 3.59. The SMILES string of the molecule is O=Cc1ccc(I)cc1C(F)(F)F. The van der Waals surface area contributed by atoms with Crippen molar-refractivity contribution in [1.82, 2.24) is 0 Å². The van der Waals surface area contributed by atoms with Gasteiger partial charge in [0.2, 0.25) is 0 Å². The zero-order valence-electron chi connectivity index (χ0n) is 6.23. The monoisotopic (exact) mass is 300 g/mol. The standard InChI is InChI=1S/C8H4F3IO/c9-8(10,11)7-3-6(12)2-1-5(7)4-13/h1-4H. The topological polar surface area (TPSA) is 17.1 Å². The molecule has 13 heavy (non-hydrogen) atoms. The van der Waals surface area contributed by atoms with Crippen molar-refractivity contribution in [2.45, 2.75) is 6.18 Å². The molecule has 5 heteroatoms. The second kappa shape index (κ2) is 3.65. The van der Waals surface area contributed by atoms with Gasteiger partial charge in [-0.1, -0.05) is 6.07 Å². The lowest BCUT2D eigenvalue weighted by Gasteiger charge is -2.08.